The molecule has 10 heteroatoms. The molecule has 2 aromatic carbocycles. The SMILES string of the molecule is CCOc1cccc2sc(N(CCN3CCOCC3)C(=O)/C=C/c3cc(OC)c(OC)c(OC)c3)nc12. The molecule has 1 saturated heterocycles. The third-order valence-corrected chi connectivity index (χ3v) is 7.06. The quantitative estimate of drug-likeness (QED) is 0.345. The Balaban J connectivity index is 1.63. The minimum absolute atomic E-state index is 0.168. The molecule has 0 aliphatic carbocycles. The number of amides is 1. The first kappa shape index (κ1) is 26.7. The van der Waals surface area contributed by atoms with Crippen molar-refractivity contribution < 1.29 is 28.5 Å². The first-order chi connectivity index (χ1) is 18.1. The van der Waals surface area contributed by atoms with Crippen LogP contribution in [0.15, 0.2) is 36.4 Å². The van der Waals surface area contributed by atoms with Crippen LogP contribution < -0.4 is 23.8 Å². The highest BCUT2D eigenvalue weighted by Gasteiger charge is 2.21. The second-order valence-corrected chi connectivity index (χ2v) is 9.28. The molecule has 0 unspecified atom stereocenters. The molecule has 0 N–H and O–H groups in total. The number of benzene rings is 2. The maximum atomic E-state index is 13.6. The number of methoxy groups -OCH3 is 3. The Morgan fingerprint density at radius 2 is 1.84 bits per heavy atom. The van der Waals surface area contributed by atoms with Gasteiger partial charge in [-0.15, -0.1) is 0 Å². The van der Waals surface area contributed by atoms with E-state index >= 15 is 0 Å². The second kappa shape index (κ2) is 12.8. The van der Waals surface area contributed by atoms with Gasteiger partial charge in [0.15, 0.2) is 16.6 Å². The van der Waals surface area contributed by atoms with Crippen LogP contribution >= 0.6 is 11.3 Å². The number of aromatic nitrogens is 1. The first-order valence-corrected chi connectivity index (χ1v) is 13.0. The topological polar surface area (TPSA) is 82.6 Å². The highest BCUT2D eigenvalue weighted by molar-refractivity contribution is 7.22. The van der Waals surface area contributed by atoms with Crippen LogP contribution in [0.1, 0.15) is 12.5 Å². The second-order valence-electron chi connectivity index (χ2n) is 8.27. The molecule has 1 aliphatic heterocycles. The van der Waals surface area contributed by atoms with Crippen molar-refractivity contribution in [3.63, 3.8) is 0 Å². The lowest BCUT2D eigenvalue weighted by molar-refractivity contribution is -0.114. The Kier molecular flexibility index (Phi) is 9.21. The molecule has 1 fully saturated rings. The summed E-state index contributed by atoms with van der Waals surface area (Å²) in [6.45, 7) is 6.81. The first-order valence-electron chi connectivity index (χ1n) is 12.2. The maximum absolute atomic E-state index is 13.6. The van der Waals surface area contributed by atoms with Gasteiger partial charge in [0, 0.05) is 32.3 Å². The van der Waals surface area contributed by atoms with E-state index in [9.17, 15) is 4.79 Å². The van der Waals surface area contributed by atoms with E-state index in [1.807, 2.05) is 25.1 Å². The van der Waals surface area contributed by atoms with Crippen LogP contribution in [0.2, 0.25) is 0 Å². The molecular weight excluding hydrogens is 494 g/mol. The highest BCUT2D eigenvalue weighted by Crippen LogP contribution is 2.39. The van der Waals surface area contributed by atoms with Gasteiger partial charge in [0.1, 0.15) is 11.3 Å². The third-order valence-electron chi connectivity index (χ3n) is 6.02. The van der Waals surface area contributed by atoms with Gasteiger partial charge in [0.05, 0.1) is 45.8 Å². The zero-order chi connectivity index (χ0) is 26.2. The van der Waals surface area contributed by atoms with Gasteiger partial charge in [-0.1, -0.05) is 17.4 Å². The van der Waals surface area contributed by atoms with Gasteiger partial charge in [-0.25, -0.2) is 4.98 Å². The summed E-state index contributed by atoms with van der Waals surface area (Å²) in [6.07, 6.45) is 3.29. The van der Waals surface area contributed by atoms with Crippen LogP contribution in [-0.2, 0) is 9.53 Å². The van der Waals surface area contributed by atoms with Crippen molar-refractivity contribution in [2.75, 3.05) is 72.2 Å². The minimum atomic E-state index is -0.168. The number of ether oxygens (including phenoxy) is 5. The number of nitrogens with zero attached hydrogens (tertiary/aromatic N) is 3. The lowest BCUT2D eigenvalue weighted by atomic mass is 10.1. The Labute approximate surface area is 221 Å². The van der Waals surface area contributed by atoms with E-state index in [0.717, 1.165) is 41.2 Å². The van der Waals surface area contributed by atoms with Crippen LogP contribution in [0.4, 0.5) is 5.13 Å². The van der Waals surface area contributed by atoms with Gasteiger partial charge in [0.25, 0.3) is 5.91 Å². The van der Waals surface area contributed by atoms with Crippen LogP contribution in [-0.4, -0.2) is 83.1 Å². The normalized spacial score (nSPS) is 14.2. The van der Waals surface area contributed by atoms with Gasteiger partial charge in [-0.3, -0.25) is 14.6 Å². The molecule has 0 atom stereocenters. The molecule has 37 heavy (non-hydrogen) atoms. The van der Waals surface area contributed by atoms with Crippen molar-refractivity contribution in [1.82, 2.24) is 9.88 Å². The molecule has 0 radical (unpaired) electrons. The number of rotatable bonds is 11. The van der Waals surface area contributed by atoms with Crippen molar-refractivity contribution in [1.29, 1.82) is 0 Å². The van der Waals surface area contributed by atoms with Crippen molar-refractivity contribution in [3.8, 4) is 23.0 Å². The monoisotopic (exact) mass is 527 g/mol. The number of fused-ring (bicyclic) bond motifs is 1. The van der Waals surface area contributed by atoms with E-state index in [0.29, 0.717) is 48.7 Å². The van der Waals surface area contributed by atoms with E-state index < -0.39 is 0 Å². The van der Waals surface area contributed by atoms with E-state index in [2.05, 4.69) is 4.90 Å². The summed E-state index contributed by atoms with van der Waals surface area (Å²) in [4.78, 5) is 22.4. The highest BCUT2D eigenvalue weighted by atomic mass is 32.1. The zero-order valence-electron chi connectivity index (χ0n) is 21.7. The van der Waals surface area contributed by atoms with Crippen LogP contribution in [0.5, 0.6) is 23.0 Å². The van der Waals surface area contributed by atoms with Crippen LogP contribution in [0, 0.1) is 0 Å². The number of hydrogen-bond donors (Lipinski definition) is 0. The van der Waals surface area contributed by atoms with Crippen molar-refractivity contribution in [2.24, 2.45) is 0 Å². The van der Waals surface area contributed by atoms with Crippen molar-refractivity contribution in [2.45, 2.75) is 6.92 Å². The van der Waals surface area contributed by atoms with Crippen molar-refractivity contribution >= 4 is 38.7 Å². The number of hydrogen-bond acceptors (Lipinski definition) is 9. The maximum Gasteiger partial charge on any atom is 0.252 e. The molecule has 1 aliphatic rings. The van der Waals surface area contributed by atoms with Crippen molar-refractivity contribution in [3.05, 3.63) is 42.0 Å². The summed E-state index contributed by atoms with van der Waals surface area (Å²) < 4.78 is 28.5. The molecule has 0 saturated carbocycles. The van der Waals surface area contributed by atoms with Gasteiger partial charge in [-0.05, 0) is 42.8 Å². The fraction of sp³-hybridized carbons (Fsp3) is 0.407. The number of carbonyl (C=O) groups excluding carboxylic acids is 1. The molecular formula is C27H33N3O6S. The molecule has 9 nitrogen and oxygen atoms in total. The summed E-state index contributed by atoms with van der Waals surface area (Å²) >= 11 is 1.48. The third kappa shape index (κ3) is 6.33. The molecule has 0 spiro atoms. The predicted molar refractivity (Wildman–Crippen MR) is 146 cm³/mol. The lowest BCUT2D eigenvalue weighted by Crippen LogP contribution is -2.42. The molecule has 3 aromatic rings. The van der Waals surface area contributed by atoms with Gasteiger partial charge in [0.2, 0.25) is 5.75 Å². The average molecular weight is 528 g/mol. The summed E-state index contributed by atoms with van der Waals surface area (Å²) in [5.41, 5.74) is 1.51. The Bertz CT molecular complexity index is 1210. The lowest BCUT2D eigenvalue weighted by Gasteiger charge is -2.28. The largest absolute Gasteiger partial charge is 0.493 e. The van der Waals surface area contributed by atoms with E-state index in [1.165, 1.54) is 11.3 Å². The van der Waals surface area contributed by atoms with Gasteiger partial charge >= 0.3 is 0 Å². The number of para-hydroxylation sites is 1. The van der Waals surface area contributed by atoms with Gasteiger partial charge < -0.3 is 23.7 Å². The zero-order valence-corrected chi connectivity index (χ0v) is 22.5. The average Bonchev–Trinajstić information content (AvgIpc) is 3.37. The van der Waals surface area contributed by atoms with E-state index in [4.69, 9.17) is 28.7 Å². The molecule has 4 rings (SSSR count). The Morgan fingerprint density at radius 3 is 2.49 bits per heavy atom. The fourth-order valence-corrected chi connectivity index (χ4v) is 5.13. The fourth-order valence-electron chi connectivity index (χ4n) is 4.12. The summed E-state index contributed by atoms with van der Waals surface area (Å²) in [6, 6.07) is 9.44. The number of anilines is 1. The summed E-state index contributed by atoms with van der Waals surface area (Å²) in [5, 5.41) is 0.634. The minimum Gasteiger partial charge on any atom is -0.493 e. The number of carbonyl (C=O) groups is 1. The molecule has 2 heterocycles. The van der Waals surface area contributed by atoms with Crippen LogP contribution in [0.25, 0.3) is 16.3 Å². The summed E-state index contributed by atoms with van der Waals surface area (Å²) in [7, 11) is 4.68. The predicted octanol–water partition coefficient (Wildman–Crippen LogP) is 4.10. The Morgan fingerprint density at radius 1 is 1.11 bits per heavy atom. The molecule has 1 amide bonds. The number of thiazole rings is 1. The molecule has 1 aromatic heterocycles. The number of morpholine rings is 1. The molecule has 198 valence electrons. The van der Waals surface area contributed by atoms with E-state index in [1.54, 1.807) is 50.5 Å². The Hall–Kier alpha value is -3.34. The van der Waals surface area contributed by atoms with Crippen LogP contribution in [0.3, 0.4) is 0 Å². The standard InChI is InChI=1S/C27H33N3O6S/c1-5-36-20-7-6-8-23-25(20)28-27(37-23)30(12-11-29-13-15-35-16-14-29)24(31)10-9-19-17-21(32-2)26(34-4)22(18-19)33-3/h6-10,17-18H,5,11-16H2,1-4H3/b10-9+. The molecule has 0 bridgehead atoms. The van der Waals surface area contributed by atoms with Gasteiger partial charge in [-0.2, -0.15) is 0 Å². The smallest absolute Gasteiger partial charge is 0.252 e. The summed E-state index contributed by atoms with van der Waals surface area (Å²) in [5.74, 6) is 2.09. The van der Waals surface area contributed by atoms with E-state index in [-0.39, 0.29) is 5.91 Å².